The molecule has 0 aromatic rings. The number of alkyl halides is 1. The van der Waals surface area contributed by atoms with Gasteiger partial charge in [-0.05, 0) is 19.1 Å². The molecule has 0 spiro atoms. The van der Waals surface area contributed by atoms with Crippen LogP contribution in [0.1, 0.15) is 13.3 Å². The second kappa shape index (κ2) is 5.83. The van der Waals surface area contributed by atoms with Gasteiger partial charge in [-0.25, -0.2) is 4.39 Å². The zero-order valence-electron chi connectivity index (χ0n) is 8.08. The fraction of sp³-hybridized carbons (Fsp3) is 1.00. The zero-order chi connectivity index (χ0) is 9.68. The Balaban J connectivity index is 2.35. The standard InChI is InChI=1S/C9H18FNOS/c1-8-2-4-13-5-3-11(8)7-9(12)6-10/h8-9,12H,2-7H2,1H3. The van der Waals surface area contributed by atoms with E-state index < -0.39 is 12.8 Å². The molecule has 1 aliphatic rings. The third kappa shape index (κ3) is 3.83. The molecule has 0 aromatic heterocycles. The minimum atomic E-state index is -0.800. The maximum absolute atomic E-state index is 12.1. The monoisotopic (exact) mass is 207 g/mol. The number of β-amino-alcohol motifs (C(OH)–C–C–N with tert-alkyl or cyclic N) is 1. The fourth-order valence-corrected chi connectivity index (χ4v) is 2.61. The van der Waals surface area contributed by atoms with Gasteiger partial charge in [0.15, 0.2) is 0 Å². The highest BCUT2D eigenvalue weighted by Gasteiger charge is 2.19. The second-order valence-corrected chi connectivity index (χ2v) is 4.78. The van der Waals surface area contributed by atoms with Crippen LogP contribution in [-0.4, -0.2) is 53.4 Å². The first-order chi connectivity index (χ1) is 6.24. The van der Waals surface area contributed by atoms with Crippen LogP contribution in [0.2, 0.25) is 0 Å². The first kappa shape index (κ1) is 11.3. The van der Waals surface area contributed by atoms with Crippen molar-refractivity contribution in [3.8, 4) is 0 Å². The molecule has 13 heavy (non-hydrogen) atoms. The highest BCUT2D eigenvalue weighted by Crippen LogP contribution is 2.16. The molecule has 4 heteroatoms. The van der Waals surface area contributed by atoms with Crippen LogP contribution in [0.25, 0.3) is 0 Å². The molecule has 0 bridgehead atoms. The van der Waals surface area contributed by atoms with E-state index in [0.29, 0.717) is 12.6 Å². The lowest BCUT2D eigenvalue weighted by molar-refractivity contribution is 0.0762. The van der Waals surface area contributed by atoms with Gasteiger partial charge in [-0.2, -0.15) is 11.8 Å². The van der Waals surface area contributed by atoms with Crippen LogP contribution in [0.5, 0.6) is 0 Å². The number of hydrogen-bond acceptors (Lipinski definition) is 3. The molecule has 1 rings (SSSR count). The molecule has 0 amide bonds. The lowest BCUT2D eigenvalue weighted by Gasteiger charge is -2.27. The Hall–Kier alpha value is 0.200. The molecule has 0 radical (unpaired) electrons. The topological polar surface area (TPSA) is 23.5 Å². The van der Waals surface area contributed by atoms with Crippen molar-refractivity contribution in [3.63, 3.8) is 0 Å². The summed E-state index contributed by atoms with van der Waals surface area (Å²) in [6, 6.07) is 0.483. The van der Waals surface area contributed by atoms with Gasteiger partial charge in [-0.1, -0.05) is 0 Å². The normalized spacial score (nSPS) is 28.4. The van der Waals surface area contributed by atoms with E-state index in [4.69, 9.17) is 0 Å². The lowest BCUT2D eigenvalue weighted by atomic mass is 10.2. The molecule has 1 heterocycles. The number of aliphatic hydroxyl groups is 1. The molecule has 1 aliphatic heterocycles. The average molecular weight is 207 g/mol. The van der Waals surface area contributed by atoms with Gasteiger partial charge in [0.05, 0.1) is 6.10 Å². The highest BCUT2D eigenvalue weighted by atomic mass is 32.2. The van der Waals surface area contributed by atoms with Crippen LogP contribution in [-0.2, 0) is 0 Å². The fourth-order valence-electron chi connectivity index (χ4n) is 1.53. The lowest BCUT2D eigenvalue weighted by Crippen LogP contribution is -2.40. The molecule has 0 aromatic carbocycles. The number of nitrogens with zero attached hydrogens (tertiary/aromatic N) is 1. The van der Waals surface area contributed by atoms with Crippen LogP contribution in [0, 0.1) is 0 Å². The van der Waals surface area contributed by atoms with Crippen molar-refractivity contribution in [2.75, 3.05) is 31.3 Å². The predicted octanol–water partition coefficient (Wildman–Crippen LogP) is 1.14. The Bertz CT molecular complexity index is 148. The van der Waals surface area contributed by atoms with E-state index in [9.17, 15) is 9.50 Å². The van der Waals surface area contributed by atoms with Crippen LogP contribution >= 0.6 is 11.8 Å². The predicted molar refractivity (Wildman–Crippen MR) is 55.0 cm³/mol. The Labute approximate surface area is 83.5 Å². The number of halogens is 1. The molecule has 1 fully saturated rings. The number of aliphatic hydroxyl groups excluding tert-OH is 1. The Morgan fingerprint density at radius 2 is 2.38 bits per heavy atom. The highest BCUT2D eigenvalue weighted by molar-refractivity contribution is 7.99. The molecule has 1 saturated heterocycles. The van der Waals surface area contributed by atoms with E-state index >= 15 is 0 Å². The van der Waals surface area contributed by atoms with E-state index in [2.05, 4.69) is 11.8 Å². The molecule has 1 N–H and O–H groups in total. The molecule has 2 atom stereocenters. The van der Waals surface area contributed by atoms with Crippen LogP contribution < -0.4 is 0 Å². The summed E-state index contributed by atoms with van der Waals surface area (Å²) >= 11 is 1.94. The van der Waals surface area contributed by atoms with Crippen molar-refractivity contribution in [1.82, 2.24) is 4.90 Å². The summed E-state index contributed by atoms with van der Waals surface area (Å²) in [5.74, 6) is 2.28. The molecule has 2 nitrogen and oxygen atoms in total. The van der Waals surface area contributed by atoms with E-state index in [1.165, 1.54) is 5.75 Å². The Morgan fingerprint density at radius 1 is 1.62 bits per heavy atom. The largest absolute Gasteiger partial charge is 0.389 e. The molecular weight excluding hydrogens is 189 g/mol. The van der Waals surface area contributed by atoms with Gasteiger partial charge in [-0.15, -0.1) is 0 Å². The Kier molecular flexibility index (Phi) is 5.06. The summed E-state index contributed by atoms with van der Waals surface area (Å²) in [7, 11) is 0. The van der Waals surface area contributed by atoms with E-state index in [1.54, 1.807) is 0 Å². The maximum atomic E-state index is 12.1. The van der Waals surface area contributed by atoms with Gasteiger partial charge in [0.1, 0.15) is 6.67 Å². The summed E-state index contributed by atoms with van der Waals surface area (Å²) in [6.45, 7) is 2.98. The van der Waals surface area contributed by atoms with Crippen LogP contribution in [0.4, 0.5) is 4.39 Å². The van der Waals surface area contributed by atoms with Crippen molar-refractivity contribution in [2.45, 2.75) is 25.5 Å². The van der Waals surface area contributed by atoms with Crippen molar-refractivity contribution >= 4 is 11.8 Å². The quantitative estimate of drug-likeness (QED) is 0.751. The zero-order valence-corrected chi connectivity index (χ0v) is 8.89. The molecule has 0 aliphatic carbocycles. The second-order valence-electron chi connectivity index (χ2n) is 3.55. The third-order valence-corrected chi connectivity index (χ3v) is 3.45. The van der Waals surface area contributed by atoms with Crippen molar-refractivity contribution in [2.24, 2.45) is 0 Å². The van der Waals surface area contributed by atoms with Crippen LogP contribution in [0.15, 0.2) is 0 Å². The summed E-state index contributed by atoms with van der Waals surface area (Å²) in [6.07, 6.45) is 0.342. The van der Waals surface area contributed by atoms with Gasteiger partial charge in [-0.3, -0.25) is 4.90 Å². The SMILES string of the molecule is CC1CCSCCN1CC(O)CF. The summed E-state index contributed by atoms with van der Waals surface area (Å²) in [4.78, 5) is 2.18. The van der Waals surface area contributed by atoms with E-state index in [1.807, 2.05) is 11.8 Å². The van der Waals surface area contributed by atoms with E-state index in [-0.39, 0.29) is 0 Å². The number of rotatable bonds is 3. The molecule has 78 valence electrons. The van der Waals surface area contributed by atoms with Crippen molar-refractivity contribution in [3.05, 3.63) is 0 Å². The van der Waals surface area contributed by atoms with Gasteiger partial charge in [0, 0.05) is 24.9 Å². The summed E-state index contributed by atoms with van der Waals surface area (Å²) in [5.41, 5.74) is 0. The summed E-state index contributed by atoms with van der Waals surface area (Å²) in [5, 5.41) is 9.20. The first-order valence-electron chi connectivity index (χ1n) is 4.80. The van der Waals surface area contributed by atoms with Crippen molar-refractivity contribution < 1.29 is 9.50 Å². The first-order valence-corrected chi connectivity index (χ1v) is 5.95. The maximum Gasteiger partial charge on any atom is 0.117 e. The molecule has 0 saturated carbocycles. The third-order valence-electron chi connectivity index (χ3n) is 2.45. The van der Waals surface area contributed by atoms with E-state index in [0.717, 1.165) is 18.7 Å². The van der Waals surface area contributed by atoms with Gasteiger partial charge in [0.2, 0.25) is 0 Å². The van der Waals surface area contributed by atoms with Crippen LogP contribution in [0.3, 0.4) is 0 Å². The Morgan fingerprint density at radius 3 is 3.08 bits per heavy atom. The molecular formula is C9H18FNOS. The number of hydrogen-bond donors (Lipinski definition) is 1. The minimum absolute atomic E-state index is 0.483. The number of thioether (sulfide) groups is 1. The minimum Gasteiger partial charge on any atom is -0.389 e. The smallest absolute Gasteiger partial charge is 0.117 e. The van der Waals surface area contributed by atoms with Gasteiger partial charge in [0.25, 0.3) is 0 Å². The van der Waals surface area contributed by atoms with Crippen molar-refractivity contribution in [1.29, 1.82) is 0 Å². The summed E-state index contributed by atoms with van der Waals surface area (Å²) < 4.78 is 12.1. The van der Waals surface area contributed by atoms with Gasteiger partial charge >= 0.3 is 0 Å². The molecule has 2 unspecified atom stereocenters. The average Bonchev–Trinajstić information content (AvgIpc) is 2.32. The van der Waals surface area contributed by atoms with Gasteiger partial charge < -0.3 is 5.11 Å².